The normalized spacial score (nSPS) is 11.0. The fraction of sp³-hybridized carbons (Fsp3) is 0. The first kappa shape index (κ1) is 28.3. The lowest BCUT2D eigenvalue weighted by Gasteiger charge is -2.26. The summed E-state index contributed by atoms with van der Waals surface area (Å²) >= 11 is 0. The number of hydrogen-bond donors (Lipinski definition) is 0. The molecule has 0 amide bonds. The molecule has 0 heterocycles. The zero-order chi connectivity index (χ0) is 31.4. The molecule has 0 spiro atoms. The number of anilines is 3. The van der Waals surface area contributed by atoms with Gasteiger partial charge in [0.2, 0.25) is 0 Å². The van der Waals surface area contributed by atoms with Gasteiger partial charge in [0.15, 0.2) is 0 Å². The molecular formula is C46H33N. The highest BCUT2D eigenvalue weighted by atomic mass is 15.1. The topological polar surface area (TPSA) is 3.24 Å². The number of rotatable bonds is 7. The largest absolute Gasteiger partial charge is 0.311 e. The van der Waals surface area contributed by atoms with Crippen LogP contribution in [0.1, 0.15) is 0 Å². The first-order valence-corrected chi connectivity index (χ1v) is 16.1. The summed E-state index contributed by atoms with van der Waals surface area (Å²) in [5.74, 6) is 0. The van der Waals surface area contributed by atoms with Crippen LogP contribution in [0, 0.1) is 0 Å². The smallest absolute Gasteiger partial charge is 0.0462 e. The van der Waals surface area contributed by atoms with Crippen LogP contribution in [0.3, 0.4) is 0 Å². The van der Waals surface area contributed by atoms with Gasteiger partial charge >= 0.3 is 0 Å². The van der Waals surface area contributed by atoms with E-state index in [0.29, 0.717) is 0 Å². The zero-order valence-corrected chi connectivity index (χ0v) is 26.0. The molecule has 0 bridgehead atoms. The van der Waals surface area contributed by atoms with E-state index in [1.54, 1.807) is 0 Å². The number of nitrogens with zero attached hydrogens (tertiary/aromatic N) is 1. The van der Waals surface area contributed by atoms with Crippen LogP contribution < -0.4 is 4.90 Å². The molecule has 0 N–H and O–H groups in total. The van der Waals surface area contributed by atoms with Crippen molar-refractivity contribution in [2.45, 2.75) is 0 Å². The Morgan fingerprint density at radius 2 is 0.660 bits per heavy atom. The third-order valence-electron chi connectivity index (χ3n) is 8.89. The van der Waals surface area contributed by atoms with Gasteiger partial charge in [0.1, 0.15) is 0 Å². The second-order valence-corrected chi connectivity index (χ2v) is 11.8. The van der Waals surface area contributed by atoms with Gasteiger partial charge in [0, 0.05) is 17.1 Å². The molecule has 1 heteroatoms. The summed E-state index contributed by atoms with van der Waals surface area (Å²) in [4.78, 5) is 2.31. The molecule has 0 atom stereocenters. The van der Waals surface area contributed by atoms with E-state index in [1.165, 1.54) is 55.3 Å². The van der Waals surface area contributed by atoms with Crippen molar-refractivity contribution in [2.75, 3.05) is 4.90 Å². The van der Waals surface area contributed by atoms with Gasteiger partial charge in [-0.15, -0.1) is 0 Å². The summed E-state index contributed by atoms with van der Waals surface area (Å²) in [6, 6.07) is 71.7. The maximum atomic E-state index is 2.32. The van der Waals surface area contributed by atoms with E-state index < -0.39 is 0 Å². The lowest BCUT2D eigenvalue weighted by atomic mass is 9.94. The van der Waals surface area contributed by atoms with Crippen molar-refractivity contribution in [2.24, 2.45) is 0 Å². The summed E-state index contributed by atoms with van der Waals surface area (Å²) < 4.78 is 0. The van der Waals surface area contributed by atoms with Crippen molar-refractivity contribution in [3.05, 3.63) is 200 Å². The Kier molecular flexibility index (Phi) is 7.63. The first-order chi connectivity index (χ1) is 23.3. The Morgan fingerprint density at radius 3 is 1.21 bits per heavy atom. The predicted molar refractivity (Wildman–Crippen MR) is 200 cm³/mol. The molecule has 8 aromatic rings. The van der Waals surface area contributed by atoms with Crippen molar-refractivity contribution >= 4 is 27.8 Å². The van der Waals surface area contributed by atoms with Crippen molar-refractivity contribution in [3.63, 3.8) is 0 Å². The van der Waals surface area contributed by atoms with E-state index >= 15 is 0 Å². The minimum Gasteiger partial charge on any atom is -0.311 e. The van der Waals surface area contributed by atoms with Gasteiger partial charge in [-0.05, 0) is 97.7 Å². The molecule has 0 saturated carbocycles. The number of para-hydroxylation sites is 1. The van der Waals surface area contributed by atoms with Crippen LogP contribution in [0.4, 0.5) is 17.1 Å². The molecule has 0 fully saturated rings. The van der Waals surface area contributed by atoms with E-state index in [2.05, 4.69) is 205 Å². The lowest BCUT2D eigenvalue weighted by molar-refractivity contribution is 1.28. The number of fused-ring (bicyclic) bond motifs is 1. The quantitative estimate of drug-likeness (QED) is 0.176. The molecule has 222 valence electrons. The maximum absolute atomic E-state index is 2.32. The SMILES string of the molecule is c1ccc(-c2ccc(N(c3ccccc3)c3ccc(-c4ccc(-c5cccc6ccc(-c7ccccc7)cc56)cc4)cc3)cc2)cc1. The van der Waals surface area contributed by atoms with Crippen molar-refractivity contribution in [1.29, 1.82) is 0 Å². The van der Waals surface area contributed by atoms with E-state index in [-0.39, 0.29) is 0 Å². The molecule has 0 radical (unpaired) electrons. The minimum atomic E-state index is 1.12. The summed E-state index contributed by atoms with van der Waals surface area (Å²) in [5, 5.41) is 2.52. The van der Waals surface area contributed by atoms with E-state index in [4.69, 9.17) is 0 Å². The highest BCUT2D eigenvalue weighted by Gasteiger charge is 2.13. The molecule has 0 aliphatic carbocycles. The second-order valence-electron chi connectivity index (χ2n) is 11.8. The van der Waals surface area contributed by atoms with Crippen LogP contribution in [-0.4, -0.2) is 0 Å². The van der Waals surface area contributed by atoms with E-state index in [0.717, 1.165) is 17.1 Å². The van der Waals surface area contributed by atoms with Crippen LogP contribution in [0.5, 0.6) is 0 Å². The van der Waals surface area contributed by atoms with Gasteiger partial charge in [-0.25, -0.2) is 0 Å². The minimum absolute atomic E-state index is 1.12. The van der Waals surface area contributed by atoms with Crippen molar-refractivity contribution in [3.8, 4) is 44.5 Å². The van der Waals surface area contributed by atoms with E-state index in [1.807, 2.05) is 0 Å². The molecule has 0 saturated heterocycles. The van der Waals surface area contributed by atoms with E-state index in [9.17, 15) is 0 Å². The summed E-state index contributed by atoms with van der Waals surface area (Å²) in [7, 11) is 0. The van der Waals surface area contributed by atoms with Crippen LogP contribution >= 0.6 is 0 Å². The first-order valence-electron chi connectivity index (χ1n) is 16.1. The number of hydrogen-bond acceptors (Lipinski definition) is 1. The van der Waals surface area contributed by atoms with Gasteiger partial charge in [-0.2, -0.15) is 0 Å². The van der Waals surface area contributed by atoms with Gasteiger partial charge in [0.25, 0.3) is 0 Å². The average molecular weight is 600 g/mol. The molecule has 1 nitrogen and oxygen atoms in total. The summed E-state index contributed by atoms with van der Waals surface area (Å²) in [6.45, 7) is 0. The highest BCUT2D eigenvalue weighted by molar-refractivity contribution is 5.99. The van der Waals surface area contributed by atoms with Gasteiger partial charge in [-0.3, -0.25) is 0 Å². The van der Waals surface area contributed by atoms with Crippen LogP contribution in [0.25, 0.3) is 55.3 Å². The third-order valence-corrected chi connectivity index (χ3v) is 8.89. The second kappa shape index (κ2) is 12.7. The Bertz CT molecular complexity index is 2240. The van der Waals surface area contributed by atoms with Gasteiger partial charge in [0.05, 0.1) is 0 Å². The lowest BCUT2D eigenvalue weighted by Crippen LogP contribution is -2.09. The predicted octanol–water partition coefficient (Wildman–Crippen LogP) is 13.0. The zero-order valence-electron chi connectivity index (χ0n) is 26.0. The Hall–Kier alpha value is -6.18. The summed E-state index contributed by atoms with van der Waals surface area (Å²) in [5.41, 5.74) is 13.1. The Morgan fingerprint density at radius 1 is 0.255 bits per heavy atom. The third kappa shape index (κ3) is 5.83. The Balaban J connectivity index is 1.09. The fourth-order valence-corrected chi connectivity index (χ4v) is 6.44. The Labute approximate surface area is 276 Å². The average Bonchev–Trinajstić information content (AvgIpc) is 3.16. The van der Waals surface area contributed by atoms with Gasteiger partial charge < -0.3 is 4.90 Å². The van der Waals surface area contributed by atoms with Crippen molar-refractivity contribution < 1.29 is 0 Å². The highest BCUT2D eigenvalue weighted by Crippen LogP contribution is 2.37. The standard InChI is InChI=1S/C46H33N/c1-4-11-34(12-5-1)37-25-29-43(30-26-37)47(42-16-8-3-9-17-42)44-31-27-38(28-32-44)36-19-21-40(22-20-36)45-18-10-15-39-23-24-41(33-46(39)45)35-13-6-2-7-14-35/h1-33H. The van der Waals surface area contributed by atoms with Crippen LogP contribution in [0.2, 0.25) is 0 Å². The molecular weight excluding hydrogens is 567 g/mol. The molecule has 0 aliphatic rings. The molecule has 0 unspecified atom stereocenters. The summed E-state index contributed by atoms with van der Waals surface area (Å²) in [6.07, 6.45) is 0. The maximum Gasteiger partial charge on any atom is 0.0462 e. The van der Waals surface area contributed by atoms with Crippen LogP contribution in [0.15, 0.2) is 200 Å². The monoisotopic (exact) mass is 599 g/mol. The van der Waals surface area contributed by atoms with Crippen molar-refractivity contribution in [1.82, 2.24) is 0 Å². The molecule has 0 aliphatic heterocycles. The molecule has 8 rings (SSSR count). The molecule has 47 heavy (non-hydrogen) atoms. The van der Waals surface area contributed by atoms with Gasteiger partial charge in [-0.1, -0.05) is 158 Å². The number of benzene rings is 8. The molecule has 8 aromatic carbocycles. The fourth-order valence-electron chi connectivity index (χ4n) is 6.44. The van der Waals surface area contributed by atoms with Crippen LogP contribution in [-0.2, 0) is 0 Å². The molecule has 0 aromatic heterocycles.